The highest BCUT2D eigenvalue weighted by Gasteiger charge is 2.33. The Hall–Kier alpha value is -1.86. The van der Waals surface area contributed by atoms with E-state index in [1.54, 1.807) is 18.2 Å². The number of rotatable bonds is 4. The van der Waals surface area contributed by atoms with E-state index in [0.29, 0.717) is 18.1 Å². The number of nitrogens with one attached hydrogen (secondary N) is 1. The molecule has 1 N–H and O–H groups in total. The molecular formula is C19H20ClN3O2S. The molecule has 5 nitrogen and oxygen atoms in total. The van der Waals surface area contributed by atoms with Crippen molar-refractivity contribution < 1.29 is 8.42 Å². The largest absolute Gasteiger partial charge is 0.321 e. The molecule has 0 radical (unpaired) electrons. The second kappa shape index (κ2) is 7.04. The Bertz CT molecular complexity index is 944. The molecule has 0 aromatic heterocycles. The van der Waals surface area contributed by atoms with Crippen LogP contribution in [0.1, 0.15) is 12.0 Å². The Morgan fingerprint density at radius 2 is 1.85 bits per heavy atom. The molecule has 0 saturated carbocycles. The maximum Gasteiger partial charge on any atom is 0.243 e. The fourth-order valence-corrected chi connectivity index (χ4v) is 5.12. The van der Waals surface area contributed by atoms with E-state index in [4.69, 9.17) is 11.6 Å². The lowest BCUT2D eigenvalue weighted by Gasteiger charge is -2.27. The van der Waals surface area contributed by atoms with Crippen molar-refractivity contribution in [3.8, 4) is 0 Å². The maximum absolute atomic E-state index is 12.9. The van der Waals surface area contributed by atoms with Crippen LogP contribution >= 0.6 is 11.6 Å². The zero-order valence-electron chi connectivity index (χ0n) is 14.2. The lowest BCUT2D eigenvalue weighted by Crippen LogP contribution is -2.39. The van der Waals surface area contributed by atoms with Crippen LogP contribution < -0.4 is 5.43 Å². The van der Waals surface area contributed by atoms with Crippen molar-refractivity contribution in [2.75, 3.05) is 19.6 Å². The molecule has 2 aromatic carbocycles. The van der Waals surface area contributed by atoms with Gasteiger partial charge in [0, 0.05) is 30.4 Å². The third-order valence-electron chi connectivity index (χ3n) is 4.75. The van der Waals surface area contributed by atoms with Crippen LogP contribution in [0.25, 0.3) is 0 Å². The van der Waals surface area contributed by atoms with Crippen LogP contribution in [-0.2, 0) is 16.6 Å². The summed E-state index contributed by atoms with van der Waals surface area (Å²) in [5, 5.41) is 2.56. The van der Waals surface area contributed by atoms with Crippen LogP contribution in [-0.4, -0.2) is 37.4 Å². The third kappa shape index (κ3) is 3.50. The van der Waals surface area contributed by atoms with Crippen molar-refractivity contribution >= 4 is 21.6 Å². The molecule has 2 aromatic rings. The highest BCUT2D eigenvalue weighted by atomic mass is 35.5. The highest BCUT2D eigenvalue weighted by Crippen LogP contribution is 2.28. The summed E-state index contributed by atoms with van der Waals surface area (Å²) in [4.78, 5) is 0.244. The number of hydrogen-bond donors (Lipinski definition) is 1. The van der Waals surface area contributed by atoms with Gasteiger partial charge in [-0.25, -0.2) is 13.4 Å². The molecule has 2 heterocycles. The molecule has 0 saturated heterocycles. The molecule has 0 bridgehead atoms. The highest BCUT2D eigenvalue weighted by molar-refractivity contribution is 7.89. The van der Waals surface area contributed by atoms with E-state index in [0.717, 1.165) is 25.2 Å². The summed E-state index contributed by atoms with van der Waals surface area (Å²) in [6, 6.07) is 16.7. The van der Waals surface area contributed by atoms with Gasteiger partial charge in [-0.3, -0.25) is 0 Å². The van der Waals surface area contributed by atoms with Gasteiger partial charge in [0.15, 0.2) is 0 Å². The third-order valence-corrected chi connectivity index (χ3v) is 6.83. The fourth-order valence-electron chi connectivity index (χ4n) is 3.41. The zero-order valence-corrected chi connectivity index (χ0v) is 15.8. The van der Waals surface area contributed by atoms with E-state index in [2.05, 4.69) is 22.6 Å². The van der Waals surface area contributed by atoms with Gasteiger partial charge < -0.3 is 5.43 Å². The molecule has 0 atom stereocenters. The van der Waals surface area contributed by atoms with Gasteiger partial charge in [0.1, 0.15) is 0 Å². The summed E-state index contributed by atoms with van der Waals surface area (Å²) in [5.74, 6) is 0. The first-order valence-corrected chi connectivity index (χ1v) is 10.4. The minimum absolute atomic E-state index is 0.244. The summed E-state index contributed by atoms with van der Waals surface area (Å²) in [6.07, 6.45) is 0.743. The molecule has 0 aliphatic carbocycles. The Kier molecular flexibility index (Phi) is 4.75. The van der Waals surface area contributed by atoms with Crippen molar-refractivity contribution in [2.24, 2.45) is 0 Å². The first-order valence-electron chi connectivity index (χ1n) is 8.54. The van der Waals surface area contributed by atoms with Gasteiger partial charge >= 0.3 is 0 Å². The summed E-state index contributed by atoms with van der Waals surface area (Å²) in [7, 11) is -3.54. The number of sulfonamides is 1. The molecule has 0 spiro atoms. The van der Waals surface area contributed by atoms with Crippen molar-refractivity contribution in [3.63, 3.8) is 0 Å². The Labute approximate surface area is 158 Å². The fraction of sp³-hybridized carbons (Fsp3) is 0.263. The first kappa shape index (κ1) is 17.5. The summed E-state index contributed by atoms with van der Waals surface area (Å²) >= 11 is 5.96. The monoisotopic (exact) mass is 389 g/mol. The lowest BCUT2D eigenvalue weighted by molar-refractivity contribution is 0.245. The van der Waals surface area contributed by atoms with Crippen LogP contribution in [0.2, 0.25) is 5.02 Å². The van der Waals surface area contributed by atoms with Crippen molar-refractivity contribution in [2.45, 2.75) is 17.9 Å². The van der Waals surface area contributed by atoms with Gasteiger partial charge in [-0.1, -0.05) is 48.0 Å². The van der Waals surface area contributed by atoms with E-state index in [1.165, 1.54) is 21.5 Å². The number of hydrazine groups is 1. The standard InChI is InChI=1S/C19H20ClN3O2S/c20-17-7-4-8-18(11-17)26(24,25)23-10-9-16-13-22(21-19(16)14-23)12-15-5-2-1-3-6-15/h1-8,11,21H,9-10,12-14H2. The van der Waals surface area contributed by atoms with Gasteiger partial charge in [-0.2, -0.15) is 4.31 Å². The minimum atomic E-state index is -3.54. The van der Waals surface area contributed by atoms with E-state index in [-0.39, 0.29) is 4.90 Å². The predicted molar refractivity (Wildman–Crippen MR) is 102 cm³/mol. The van der Waals surface area contributed by atoms with Gasteiger partial charge in [0.25, 0.3) is 0 Å². The molecule has 2 aliphatic heterocycles. The summed E-state index contributed by atoms with van der Waals surface area (Å²) in [6.45, 7) is 2.48. The number of halogens is 1. The van der Waals surface area contributed by atoms with E-state index < -0.39 is 10.0 Å². The smallest absolute Gasteiger partial charge is 0.243 e. The normalized spacial score (nSPS) is 18.7. The number of nitrogens with zero attached hydrogens (tertiary/aromatic N) is 2. The van der Waals surface area contributed by atoms with Crippen LogP contribution in [0.4, 0.5) is 0 Å². The average Bonchev–Trinajstić information content (AvgIpc) is 3.04. The van der Waals surface area contributed by atoms with Gasteiger partial charge in [-0.05, 0) is 35.8 Å². The number of benzene rings is 2. The van der Waals surface area contributed by atoms with E-state index in [9.17, 15) is 8.42 Å². The quantitative estimate of drug-likeness (QED) is 0.873. The zero-order chi connectivity index (χ0) is 18.1. The Morgan fingerprint density at radius 3 is 2.62 bits per heavy atom. The minimum Gasteiger partial charge on any atom is -0.321 e. The Morgan fingerprint density at radius 1 is 1.04 bits per heavy atom. The maximum atomic E-state index is 12.9. The van der Waals surface area contributed by atoms with Gasteiger partial charge in [-0.15, -0.1) is 0 Å². The summed E-state index contributed by atoms with van der Waals surface area (Å²) in [5.41, 5.74) is 6.90. The van der Waals surface area contributed by atoms with E-state index >= 15 is 0 Å². The molecule has 2 aliphatic rings. The second-order valence-electron chi connectivity index (χ2n) is 6.58. The van der Waals surface area contributed by atoms with Crippen LogP contribution in [0.15, 0.2) is 70.8 Å². The van der Waals surface area contributed by atoms with Crippen LogP contribution in [0.3, 0.4) is 0 Å². The summed E-state index contributed by atoms with van der Waals surface area (Å²) < 4.78 is 27.3. The SMILES string of the molecule is O=S(=O)(c1cccc(Cl)c1)N1CCC2=C(C1)NN(Cc1ccccc1)C2. The molecule has 0 unspecified atom stereocenters. The molecule has 0 amide bonds. The molecular weight excluding hydrogens is 370 g/mol. The van der Waals surface area contributed by atoms with Crippen LogP contribution in [0.5, 0.6) is 0 Å². The molecule has 0 fully saturated rings. The molecule has 4 rings (SSSR count). The number of hydrogen-bond acceptors (Lipinski definition) is 4. The van der Waals surface area contributed by atoms with Crippen molar-refractivity contribution in [3.05, 3.63) is 76.5 Å². The Balaban J connectivity index is 1.46. The first-order chi connectivity index (χ1) is 12.5. The molecule has 136 valence electrons. The predicted octanol–water partition coefficient (Wildman–Crippen LogP) is 3.01. The lowest BCUT2D eigenvalue weighted by atomic mass is 10.1. The van der Waals surface area contributed by atoms with Crippen molar-refractivity contribution in [1.82, 2.24) is 14.7 Å². The van der Waals surface area contributed by atoms with Gasteiger partial charge in [0.2, 0.25) is 10.0 Å². The molecule has 26 heavy (non-hydrogen) atoms. The van der Waals surface area contributed by atoms with Crippen LogP contribution in [0, 0.1) is 0 Å². The molecule has 7 heteroatoms. The van der Waals surface area contributed by atoms with Crippen molar-refractivity contribution in [1.29, 1.82) is 0 Å². The topological polar surface area (TPSA) is 52.7 Å². The second-order valence-corrected chi connectivity index (χ2v) is 8.96. The van der Waals surface area contributed by atoms with E-state index in [1.807, 2.05) is 18.2 Å². The average molecular weight is 390 g/mol. The van der Waals surface area contributed by atoms with Gasteiger partial charge in [0.05, 0.1) is 11.4 Å².